The third kappa shape index (κ3) is 26.7. The number of esters is 2. The lowest BCUT2D eigenvalue weighted by Crippen LogP contribution is -2.56. The van der Waals surface area contributed by atoms with Crippen molar-refractivity contribution in [3.8, 4) is 0 Å². The fraction of sp³-hybridized carbons (Fsp3) is 0.952. The predicted molar refractivity (Wildman–Crippen MR) is 214 cm³/mol. The van der Waals surface area contributed by atoms with Gasteiger partial charge in [-0.05, 0) is 19.3 Å². The maximum Gasteiger partial charge on any atom is 0.328 e. The second-order valence-electron chi connectivity index (χ2n) is 15.9. The summed E-state index contributed by atoms with van der Waals surface area (Å²) in [4.78, 5) is 35.9. The van der Waals surface area contributed by atoms with Crippen molar-refractivity contribution in [3.05, 3.63) is 0 Å². The second kappa shape index (κ2) is 33.0. The van der Waals surface area contributed by atoms with Gasteiger partial charge in [0.2, 0.25) is 0 Å². The van der Waals surface area contributed by atoms with E-state index in [0.717, 1.165) is 38.5 Å². The SMILES string of the molecule is CCCCCCCCCCCCCCCC(=O)OC[C@H](CCP(=O)(O)O[C@H]1[C@@H](O)[C@@H](O)[C@H](O)C[C@H]1O)OC(=O)CCCCCCCCCCCCCCC. The average Bonchev–Trinajstić information content (AvgIpc) is 3.14. The highest BCUT2D eigenvalue weighted by Gasteiger charge is 2.45. The van der Waals surface area contributed by atoms with Gasteiger partial charge >= 0.3 is 19.5 Å². The van der Waals surface area contributed by atoms with E-state index in [2.05, 4.69) is 13.8 Å². The van der Waals surface area contributed by atoms with Crippen molar-refractivity contribution in [1.82, 2.24) is 0 Å². The molecule has 0 aromatic rings. The fourth-order valence-corrected chi connectivity index (χ4v) is 8.47. The minimum Gasteiger partial charge on any atom is -0.462 e. The molecule has 1 saturated carbocycles. The van der Waals surface area contributed by atoms with E-state index >= 15 is 0 Å². The molecule has 0 aliphatic heterocycles. The summed E-state index contributed by atoms with van der Waals surface area (Å²) in [7, 11) is -4.47. The molecule has 0 amide bonds. The van der Waals surface area contributed by atoms with E-state index in [-0.39, 0.29) is 32.3 Å². The Labute approximate surface area is 328 Å². The third-order valence-corrected chi connectivity index (χ3v) is 12.1. The Morgan fingerprint density at radius 2 is 0.963 bits per heavy atom. The van der Waals surface area contributed by atoms with Crippen LogP contribution in [0.1, 0.15) is 206 Å². The van der Waals surface area contributed by atoms with Crippen LogP contribution in [-0.4, -0.2) is 86.7 Å². The Kier molecular flexibility index (Phi) is 31.1. The van der Waals surface area contributed by atoms with Crippen molar-refractivity contribution in [3.63, 3.8) is 0 Å². The average molecular weight is 793 g/mol. The summed E-state index contributed by atoms with van der Waals surface area (Å²) in [6.07, 6.45) is 21.5. The van der Waals surface area contributed by atoms with Gasteiger partial charge in [-0.2, -0.15) is 0 Å². The van der Waals surface area contributed by atoms with E-state index in [4.69, 9.17) is 14.0 Å². The van der Waals surface area contributed by atoms with Crippen LogP contribution < -0.4 is 0 Å². The van der Waals surface area contributed by atoms with Gasteiger partial charge in [-0.1, -0.05) is 168 Å². The zero-order valence-corrected chi connectivity index (χ0v) is 35.1. The Morgan fingerprint density at radius 3 is 1.39 bits per heavy atom. The first-order valence-electron chi connectivity index (χ1n) is 22.1. The van der Waals surface area contributed by atoms with Crippen molar-refractivity contribution in [2.45, 2.75) is 243 Å². The summed E-state index contributed by atoms with van der Waals surface area (Å²) in [5.41, 5.74) is 0. The first-order valence-corrected chi connectivity index (χ1v) is 23.8. The highest BCUT2D eigenvalue weighted by Crippen LogP contribution is 2.46. The number of rotatable bonds is 36. The molecule has 0 aromatic carbocycles. The van der Waals surface area contributed by atoms with E-state index in [9.17, 15) is 39.5 Å². The number of carbonyl (C=O) groups is 2. The van der Waals surface area contributed by atoms with Gasteiger partial charge in [-0.25, -0.2) is 0 Å². The van der Waals surface area contributed by atoms with Gasteiger partial charge in [0.05, 0.1) is 18.4 Å². The van der Waals surface area contributed by atoms with E-state index in [1.165, 1.54) is 116 Å². The van der Waals surface area contributed by atoms with Crippen molar-refractivity contribution in [2.24, 2.45) is 0 Å². The minimum atomic E-state index is -4.47. The molecular weight excluding hydrogens is 711 g/mol. The Bertz CT molecular complexity index is 967. The quantitative estimate of drug-likeness (QED) is 0.0232. The molecule has 0 bridgehead atoms. The number of aliphatic hydroxyl groups excluding tert-OH is 4. The van der Waals surface area contributed by atoms with Crippen LogP contribution in [-0.2, 0) is 28.2 Å². The number of hydrogen-bond acceptors (Lipinski definition) is 10. The largest absolute Gasteiger partial charge is 0.462 e. The van der Waals surface area contributed by atoms with Gasteiger partial charge in [-0.15, -0.1) is 0 Å². The molecule has 0 saturated heterocycles. The number of aliphatic hydroxyl groups is 4. The maximum atomic E-state index is 13.0. The van der Waals surface area contributed by atoms with Crippen molar-refractivity contribution >= 4 is 19.5 Å². The highest BCUT2D eigenvalue weighted by molar-refractivity contribution is 7.52. The van der Waals surface area contributed by atoms with Crippen molar-refractivity contribution in [1.29, 1.82) is 0 Å². The van der Waals surface area contributed by atoms with Crippen LogP contribution in [0.2, 0.25) is 0 Å². The summed E-state index contributed by atoms with van der Waals surface area (Å²) in [5, 5.41) is 40.2. The summed E-state index contributed by atoms with van der Waals surface area (Å²) < 4.78 is 29.2. The van der Waals surface area contributed by atoms with Crippen molar-refractivity contribution in [2.75, 3.05) is 12.8 Å². The first-order chi connectivity index (χ1) is 26.0. The molecule has 7 atom stereocenters. The predicted octanol–water partition coefficient (Wildman–Crippen LogP) is 9.21. The van der Waals surface area contributed by atoms with Crippen LogP contribution in [0.5, 0.6) is 0 Å². The molecule has 1 rings (SSSR count). The molecule has 1 unspecified atom stereocenters. The third-order valence-electron chi connectivity index (χ3n) is 10.7. The van der Waals surface area contributed by atoms with E-state index in [0.29, 0.717) is 12.8 Å². The zero-order valence-electron chi connectivity index (χ0n) is 34.2. The Morgan fingerprint density at radius 1 is 0.574 bits per heavy atom. The van der Waals surface area contributed by atoms with Crippen LogP contribution in [0.3, 0.4) is 0 Å². The van der Waals surface area contributed by atoms with E-state index in [1.54, 1.807) is 0 Å². The molecule has 1 aliphatic rings. The summed E-state index contributed by atoms with van der Waals surface area (Å²) >= 11 is 0. The lowest BCUT2D eigenvalue weighted by Gasteiger charge is -2.38. The van der Waals surface area contributed by atoms with E-state index in [1.807, 2.05) is 0 Å². The van der Waals surface area contributed by atoms with Gasteiger partial charge in [0, 0.05) is 19.3 Å². The first kappa shape index (κ1) is 50.9. The lowest BCUT2D eigenvalue weighted by molar-refractivity contribution is -0.170. The molecule has 0 heterocycles. The fourth-order valence-electron chi connectivity index (χ4n) is 7.11. The van der Waals surface area contributed by atoms with E-state index < -0.39 is 62.3 Å². The topological polar surface area (TPSA) is 180 Å². The van der Waals surface area contributed by atoms with Crippen LogP contribution >= 0.6 is 7.60 Å². The van der Waals surface area contributed by atoms with Crippen LogP contribution in [0.25, 0.3) is 0 Å². The summed E-state index contributed by atoms with van der Waals surface area (Å²) in [6, 6.07) is 0. The van der Waals surface area contributed by atoms with Crippen molar-refractivity contribution < 1.29 is 53.5 Å². The smallest absolute Gasteiger partial charge is 0.328 e. The van der Waals surface area contributed by atoms with Gasteiger partial charge in [0.15, 0.2) is 0 Å². The number of carbonyl (C=O) groups excluding carboxylic acids is 2. The second-order valence-corrected chi connectivity index (χ2v) is 17.8. The summed E-state index contributed by atoms with van der Waals surface area (Å²) in [6.45, 7) is 4.21. The van der Waals surface area contributed by atoms with Gasteiger partial charge in [0.25, 0.3) is 0 Å². The standard InChI is InChI=1S/C42H81O11P/c1-3-5-7-9-11-13-15-17-19-21-23-25-27-29-38(45)51-34-35(31-32-54(49,50)53-42-37(44)33-36(43)40(47)41(42)48)52-39(46)30-28-26-24-22-20-18-16-14-12-10-8-6-4-2/h35-37,40-44,47-48H,3-34H2,1-2H3,(H,49,50)/t35-,36+,37+,40-,41-,42+/m0/s1. The molecular formula is C42H81O11P. The van der Waals surface area contributed by atoms with Crippen LogP contribution in [0.15, 0.2) is 0 Å². The zero-order chi connectivity index (χ0) is 39.9. The molecule has 5 N–H and O–H groups in total. The number of unbranched alkanes of at least 4 members (excludes halogenated alkanes) is 24. The van der Waals surface area contributed by atoms with Crippen LogP contribution in [0, 0.1) is 0 Å². The van der Waals surface area contributed by atoms with Gasteiger partial charge in [0.1, 0.15) is 31.0 Å². The molecule has 0 spiro atoms. The molecule has 0 radical (unpaired) electrons. The van der Waals surface area contributed by atoms with Gasteiger partial charge in [-0.3, -0.25) is 18.7 Å². The summed E-state index contributed by atoms with van der Waals surface area (Å²) in [5.74, 6) is -0.889. The Balaban J connectivity index is 2.44. The Hall–Kier alpha value is -1.07. The molecule has 54 heavy (non-hydrogen) atoms. The maximum absolute atomic E-state index is 13.0. The monoisotopic (exact) mass is 793 g/mol. The molecule has 0 aromatic heterocycles. The lowest BCUT2D eigenvalue weighted by atomic mass is 9.87. The van der Waals surface area contributed by atoms with Gasteiger partial charge < -0.3 is 34.8 Å². The minimum absolute atomic E-state index is 0.159. The van der Waals surface area contributed by atoms with Crippen LogP contribution in [0.4, 0.5) is 0 Å². The molecule has 1 aliphatic carbocycles. The molecule has 320 valence electrons. The normalized spacial score (nSPS) is 21.8. The molecule has 11 nitrogen and oxygen atoms in total. The molecule has 12 heteroatoms. The number of hydrogen-bond donors (Lipinski definition) is 5. The highest BCUT2D eigenvalue weighted by atomic mass is 31.2. The number of ether oxygens (including phenoxy) is 2. The molecule has 1 fully saturated rings.